The number of ketones is 1. The Kier molecular flexibility index (Phi) is 3.11. The molecule has 2 N–H and O–H groups in total. The minimum Gasteiger partial charge on any atom is -0.320 e. The molecule has 0 fully saturated rings. The fourth-order valence-corrected chi connectivity index (χ4v) is 1.58. The molecule has 0 aliphatic rings. The maximum Gasteiger partial charge on any atom is 0.190 e. The van der Waals surface area contributed by atoms with E-state index in [9.17, 15) is 4.79 Å². The number of hydrogen-bond acceptors (Lipinski definition) is 4. The largest absolute Gasteiger partial charge is 0.320 e. The van der Waals surface area contributed by atoms with Crippen LogP contribution in [0, 0.1) is 0 Å². The van der Waals surface area contributed by atoms with Crippen molar-refractivity contribution in [3.05, 3.63) is 22.4 Å². The topological polar surface area (TPSA) is 43.1 Å². The van der Waals surface area contributed by atoms with Crippen molar-refractivity contribution in [1.82, 2.24) is 0 Å². The molecule has 0 amide bonds. The Bertz CT molecular complexity index is 233. The van der Waals surface area contributed by atoms with Gasteiger partial charge >= 0.3 is 0 Å². The SMILES string of the molecule is N[C@@H](CS)C(=O)c1cccs1. The second kappa shape index (κ2) is 3.90. The van der Waals surface area contributed by atoms with Crippen molar-refractivity contribution in [2.45, 2.75) is 6.04 Å². The van der Waals surface area contributed by atoms with Crippen LogP contribution in [0.5, 0.6) is 0 Å². The first kappa shape index (κ1) is 8.77. The van der Waals surface area contributed by atoms with E-state index >= 15 is 0 Å². The van der Waals surface area contributed by atoms with Crippen molar-refractivity contribution < 1.29 is 4.79 Å². The fraction of sp³-hybridized carbons (Fsp3) is 0.286. The summed E-state index contributed by atoms with van der Waals surface area (Å²) >= 11 is 5.36. The number of carbonyl (C=O) groups is 1. The van der Waals surface area contributed by atoms with Gasteiger partial charge in [-0.2, -0.15) is 12.6 Å². The van der Waals surface area contributed by atoms with E-state index in [1.165, 1.54) is 11.3 Å². The first-order valence-corrected chi connectivity index (χ1v) is 4.71. The second-order valence-electron chi connectivity index (χ2n) is 2.13. The molecule has 0 radical (unpaired) electrons. The van der Waals surface area contributed by atoms with Gasteiger partial charge in [-0.3, -0.25) is 4.79 Å². The summed E-state index contributed by atoms with van der Waals surface area (Å²) in [4.78, 5) is 12.0. The van der Waals surface area contributed by atoms with E-state index < -0.39 is 6.04 Å². The van der Waals surface area contributed by atoms with E-state index in [-0.39, 0.29) is 5.78 Å². The Morgan fingerprint density at radius 2 is 2.55 bits per heavy atom. The third-order valence-corrected chi connectivity index (χ3v) is 2.58. The molecule has 0 aliphatic heterocycles. The van der Waals surface area contributed by atoms with Gasteiger partial charge in [-0.15, -0.1) is 11.3 Å². The summed E-state index contributed by atoms with van der Waals surface area (Å²) in [5.41, 5.74) is 5.49. The Balaban J connectivity index is 2.70. The lowest BCUT2D eigenvalue weighted by Crippen LogP contribution is -2.31. The maximum absolute atomic E-state index is 11.3. The van der Waals surface area contributed by atoms with Crippen molar-refractivity contribution in [1.29, 1.82) is 0 Å². The Morgan fingerprint density at radius 1 is 1.82 bits per heavy atom. The second-order valence-corrected chi connectivity index (χ2v) is 3.44. The molecule has 0 aromatic carbocycles. The number of Topliss-reactive ketones (excluding diaryl/α,β-unsaturated/α-hetero) is 1. The number of nitrogens with two attached hydrogens (primary N) is 1. The van der Waals surface area contributed by atoms with Crippen LogP contribution in [0.15, 0.2) is 17.5 Å². The Hall–Kier alpha value is -0.320. The van der Waals surface area contributed by atoms with Crippen molar-refractivity contribution in [3.63, 3.8) is 0 Å². The van der Waals surface area contributed by atoms with Crippen molar-refractivity contribution >= 4 is 29.7 Å². The van der Waals surface area contributed by atoms with E-state index in [1.807, 2.05) is 11.4 Å². The summed E-state index contributed by atoms with van der Waals surface area (Å²) in [5, 5.41) is 1.86. The lowest BCUT2D eigenvalue weighted by atomic mass is 10.2. The van der Waals surface area contributed by atoms with Gasteiger partial charge in [0.05, 0.1) is 10.9 Å². The average Bonchev–Trinajstić information content (AvgIpc) is 2.53. The highest BCUT2D eigenvalue weighted by Gasteiger charge is 2.13. The molecule has 1 aromatic heterocycles. The number of thiophene rings is 1. The molecule has 0 aliphatic carbocycles. The summed E-state index contributed by atoms with van der Waals surface area (Å²) < 4.78 is 0. The highest BCUT2D eigenvalue weighted by Crippen LogP contribution is 2.10. The van der Waals surface area contributed by atoms with Crippen molar-refractivity contribution in [3.8, 4) is 0 Å². The molecule has 1 aromatic rings. The molecule has 2 nitrogen and oxygen atoms in total. The zero-order chi connectivity index (χ0) is 8.27. The van der Waals surface area contributed by atoms with Crippen LogP contribution >= 0.6 is 24.0 Å². The third kappa shape index (κ3) is 2.05. The zero-order valence-electron chi connectivity index (χ0n) is 5.86. The lowest BCUT2D eigenvalue weighted by Gasteiger charge is -2.03. The van der Waals surface area contributed by atoms with Gasteiger partial charge in [-0.1, -0.05) is 6.07 Å². The van der Waals surface area contributed by atoms with E-state index in [2.05, 4.69) is 12.6 Å². The molecule has 11 heavy (non-hydrogen) atoms. The molecule has 0 spiro atoms. The van der Waals surface area contributed by atoms with E-state index in [1.54, 1.807) is 6.07 Å². The minimum atomic E-state index is -0.461. The Labute approximate surface area is 74.8 Å². The predicted molar refractivity (Wildman–Crippen MR) is 50.5 cm³/mol. The first-order chi connectivity index (χ1) is 5.25. The molecular weight excluding hydrogens is 178 g/mol. The molecular formula is C7H9NOS2. The van der Waals surface area contributed by atoms with E-state index in [0.717, 1.165) is 0 Å². The monoisotopic (exact) mass is 187 g/mol. The molecule has 0 saturated carbocycles. The summed E-state index contributed by atoms with van der Waals surface area (Å²) in [6.45, 7) is 0. The molecule has 4 heteroatoms. The molecule has 0 saturated heterocycles. The molecule has 0 bridgehead atoms. The van der Waals surface area contributed by atoms with Gasteiger partial charge in [0.2, 0.25) is 0 Å². The molecule has 1 atom stereocenters. The van der Waals surface area contributed by atoms with E-state index in [0.29, 0.717) is 10.6 Å². The first-order valence-electron chi connectivity index (χ1n) is 3.20. The minimum absolute atomic E-state index is 0.0185. The number of carbonyl (C=O) groups excluding carboxylic acids is 1. The molecule has 1 rings (SSSR count). The average molecular weight is 187 g/mol. The number of hydrogen-bond donors (Lipinski definition) is 2. The van der Waals surface area contributed by atoms with Crippen LogP contribution in [-0.4, -0.2) is 17.6 Å². The van der Waals surface area contributed by atoms with Crippen molar-refractivity contribution in [2.75, 3.05) is 5.75 Å². The van der Waals surface area contributed by atoms with Crippen LogP contribution in [0.3, 0.4) is 0 Å². The smallest absolute Gasteiger partial charge is 0.190 e. The molecule has 60 valence electrons. The summed E-state index contributed by atoms with van der Waals surface area (Å²) in [6, 6.07) is 3.15. The van der Waals surface area contributed by atoms with Crippen LogP contribution < -0.4 is 5.73 Å². The van der Waals surface area contributed by atoms with Crippen molar-refractivity contribution in [2.24, 2.45) is 5.73 Å². The van der Waals surface area contributed by atoms with Crippen LogP contribution in [0.4, 0.5) is 0 Å². The highest BCUT2D eigenvalue weighted by atomic mass is 32.1. The van der Waals surface area contributed by atoms with Gasteiger partial charge in [-0.25, -0.2) is 0 Å². The van der Waals surface area contributed by atoms with Crippen LogP contribution in [0.25, 0.3) is 0 Å². The van der Waals surface area contributed by atoms with Gasteiger partial charge in [-0.05, 0) is 11.4 Å². The number of rotatable bonds is 3. The van der Waals surface area contributed by atoms with Crippen LogP contribution in [0.2, 0.25) is 0 Å². The van der Waals surface area contributed by atoms with E-state index in [4.69, 9.17) is 5.73 Å². The van der Waals surface area contributed by atoms with Gasteiger partial charge < -0.3 is 5.73 Å². The standard InChI is InChI=1S/C7H9NOS2/c8-5(4-10)7(9)6-2-1-3-11-6/h1-3,5,10H,4,8H2/t5-/m0/s1. The van der Waals surface area contributed by atoms with Gasteiger partial charge in [0.15, 0.2) is 5.78 Å². The zero-order valence-corrected chi connectivity index (χ0v) is 7.57. The lowest BCUT2D eigenvalue weighted by molar-refractivity contribution is 0.0974. The quantitative estimate of drug-likeness (QED) is 0.551. The van der Waals surface area contributed by atoms with Gasteiger partial charge in [0.1, 0.15) is 0 Å². The molecule has 1 heterocycles. The maximum atomic E-state index is 11.3. The van der Waals surface area contributed by atoms with Crippen LogP contribution in [-0.2, 0) is 0 Å². The number of thiol groups is 1. The fourth-order valence-electron chi connectivity index (χ4n) is 0.684. The normalized spacial score (nSPS) is 12.9. The summed E-state index contributed by atoms with van der Waals surface area (Å²) in [6.07, 6.45) is 0. The summed E-state index contributed by atoms with van der Waals surface area (Å²) in [7, 11) is 0. The highest BCUT2D eigenvalue weighted by molar-refractivity contribution is 7.80. The predicted octanol–water partition coefficient (Wildman–Crippen LogP) is 1.19. The van der Waals surface area contributed by atoms with Gasteiger partial charge in [0, 0.05) is 5.75 Å². The summed E-state index contributed by atoms with van der Waals surface area (Å²) in [5.74, 6) is 0.381. The molecule has 0 unspecified atom stereocenters. The van der Waals surface area contributed by atoms with Crippen LogP contribution in [0.1, 0.15) is 9.67 Å². The Morgan fingerprint density at radius 3 is 3.00 bits per heavy atom. The third-order valence-electron chi connectivity index (χ3n) is 1.30. The van der Waals surface area contributed by atoms with Gasteiger partial charge in [0.25, 0.3) is 0 Å².